The first-order valence-corrected chi connectivity index (χ1v) is 8.09. The highest BCUT2D eigenvalue weighted by molar-refractivity contribution is 6.32. The maximum absolute atomic E-state index is 11.8. The molecule has 0 aliphatic carbocycles. The van der Waals surface area contributed by atoms with E-state index in [-0.39, 0.29) is 5.91 Å². The van der Waals surface area contributed by atoms with Gasteiger partial charge in [0.15, 0.2) is 11.5 Å². The lowest BCUT2D eigenvalue weighted by atomic mass is 10.2. The molecule has 0 saturated carbocycles. The highest BCUT2D eigenvalue weighted by Crippen LogP contribution is 2.36. The van der Waals surface area contributed by atoms with Crippen molar-refractivity contribution in [2.24, 2.45) is 5.10 Å². The summed E-state index contributed by atoms with van der Waals surface area (Å²) in [6, 6.07) is 6.88. The number of aromatic nitrogens is 1. The Labute approximate surface area is 145 Å². The van der Waals surface area contributed by atoms with Crippen LogP contribution in [0.15, 0.2) is 35.6 Å². The van der Waals surface area contributed by atoms with Crippen molar-refractivity contribution in [3.05, 3.63) is 46.7 Å². The van der Waals surface area contributed by atoms with Gasteiger partial charge in [-0.05, 0) is 43.2 Å². The van der Waals surface area contributed by atoms with Gasteiger partial charge in [0.1, 0.15) is 5.69 Å². The van der Waals surface area contributed by atoms with E-state index in [1.165, 1.54) is 6.21 Å². The van der Waals surface area contributed by atoms with Gasteiger partial charge in [-0.1, -0.05) is 18.5 Å². The second-order valence-corrected chi connectivity index (χ2v) is 5.30. The first-order valence-electron chi connectivity index (χ1n) is 7.71. The van der Waals surface area contributed by atoms with Crippen LogP contribution in [0, 0.1) is 0 Å². The van der Waals surface area contributed by atoms with Crippen molar-refractivity contribution in [3.8, 4) is 11.5 Å². The van der Waals surface area contributed by atoms with Gasteiger partial charge in [-0.2, -0.15) is 5.10 Å². The van der Waals surface area contributed by atoms with Crippen LogP contribution >= 0.6 is 11.6 Å². The molecule has 0 fully saturated rings. The number of nitrogens with one attached hydrogen (secondary N) is 2. The maximum atomic E-state index is 11.8. The molecule has 0 unspecified atom stereocenters. The van der Waals surface area contributed by atoms with E-state index < -0.39 is 0 Å². The van der Waals surface area contributed by atoms with Crippen molar-refractivity contribution < 1.29 is 14.3 Å². The molecule has 1 aromatic carbocycles. The molecule has 2 aromatic rings. The number of ether oxygens (including phenoxy) is 2. The Balaban J connectivity index is 2.12. The average molecular weight is 350 g/mol. The molecule has 0 bridgehead atoms. The van der Waals surface area contributed by atoms with E-state index in [1.807, 2.05) is 13.8 Å². The normalized spacial score (nSPS) is 10.8. The first kappa shape index (κ1) is 17.9. The molecule has 0 aliphatic rings. The van der Waals surface area contributed by atoms with Crippen molar-refractivity contribution in [2.45, 2.75) is 20.3 Å². The average Bonchev–Trinajstić information content (AvgIpc) is 3.09. The van der Waals surface area contributed by atoms with E-state index in [0.717, 1.165) is 6.42 Å². The van der Waals surface area contributed by atoms with Gasteiger partial charge in [0.25, 0.3) is 5.91 Å². The van der Waals surface area contributed by atoms with Gasteiger partial charge >= 0.3 is 0 Å². The molecule has 0 aliphatic heterocycles. The second kappa shape index (κ2) is 8.98. The van der Waals surface area contributed by atoms with Crippen LogP contribution in [-0.2, 0) is 0 Å². The lowest BCUT2D eigenvalue weighted by molar-refractivity contribution is 0.0951. The zero-order chi connectivity index (χ0) is 17.4. The van der Waals surface area contributed by atoms with Crippen molar-refractivity contribution in [1.82, 2.24) is 10.4 Å². The van der Waals surface area contributed by atoms with Crippen LogP contribution in [0.5, 0.6) is 11.5 Å². The fourth-order valence-corrected chi connectivity index (χ4v) is 2.24. The van der Waals surface area contributed by atoms with E-state index in [9.17, 15) is 4.79 Å². The molecule has 7 heteroatoms. The minimum absolute atomic E-state index is 0.324. The molecule has 2 N–H and O–H groups in total. The van der Waals surface area contributed by atoms with Crippen molar-refractivity contribution >= 4 is 23.7 Å². The molecular formula is C17H20ClN3O3. The van der Waals surface area contributed by atoms with Gasteiger partial charge in [-0.25, -0.2) is 5.43 Å². The summed E-state index contributed by atoms with van der Waals surface area (Å²) >= 11 is 6.27. The predicted molar refractivity (Wildman–Crippen MR) is 94.3 cm³/mol. The lowest BCUT2D eigenvalue weighted by Crippen LogP contribution is -2.17. The molecular weight excluding hydrogens is 330 g/mol. The van der Waals surface area contributed by atoms with Crippen LogP contribution < -0.4 is 14.9 Å². The van der Waals surface area contributed by atoms with Gasteiger partial charge < -0.3 is 14.5 Å². The smallest absolute Gasteiger partial charge is 0.287 e. The molecule has 1 amide bonds. The van der Waals surface area contributed by atoms with Crippen LogP contribution in [0.4, 0.5) is 0 Å². The molecule has 0 saturated heterocycles. The Hall–Kier alpha value is -2.47. The standard InChI is InChI=1S/C17H20ClN3O3/c1-3-8-24-16-13(18)9-12(10-15(16)23-4-2)11-20-21-17(22)14-6-5-7-19-14/h5-7,9-11,19H,3-4,8H2,1-2H3,(H,21,22)/b20-11-. The van der Waals surface area contributed by atoms with Crippen LogP contribution in [0.25, 0.3) is 0 Å². The number of carbonyl (C=O) groups is 1. The number of benzene rings is 1. The summed E-state index contributed by atoms with van der Waals surface area (Å²) in [5, 5.41) is 4.37. The van der Waals surface area contributed by atoms with Crippen LogP contribution in [0.1, 0.15) is 36.3 Å². The molecule has 128 valence electrons. The van der Waals surface area contributed by atoms with E-state index in [4.69, 9.17) is 21.1 Å². The Morgan fingerprint density at radius 3 is 2.88 bits per heavy atom. The first-order chi connectivity index (χ1) is 11.7. The topological polar surface area (TPSA) is 75.7 Å². The molecule has 24 heavy (non-hydrogen) atoms. The maximum Gasteiger partial charge on any atom is 0.287 e. The van der Waals surface area contributed by atoms with E-state index in [0.29, 0.717) is 41.0 Å². The molecule has 0 atom stereocenters. The summed E-state index contributed by atoms with van der Waals surface area (Å²) < 4.78 is 11.2. The lowest BCUT2D eigenvalue weighted by Gasteiger charge is -2.13. The third-order valence-electron chi connectivity index (χ3n) is 3.00. The van der Waals surface area contributed by atoms with Crippen LogP contribution in [0.3, 0.4) is 0 Å². The highest BCUT2D eigenvalue weighted by atomic mass is 35.5. The molecule has 2 rings (SSSR count). The monoisotopic (exact) mass is 349 g/mol. The summed E-state index contributed by atoms with van der Waals surface area (Å²) in [7, 11) is 0. The fourth-order valence-electron chi connectivity index (χ4n) is 1.97. The van der Waals surface area contributed by atoms with Gasteiger partial charge in [-0.3, -0.25) is 4.79 Å². The number of amides is 1. The minimum atomic E-state index is -0.324. The molecule has 0 spiro atoms. The minimum Gasteiger partial charge on any atom is -0.490 e. The summed E-state index contributed by atoms with van der Waals surface area (Å²) in [5.41, 5.74) is 3.56. The Kier molecular flexibility index (Phi) is 6.69. The molecule has 1 heterocycles. The van der Waals surface area contributed by atoms with Gasteiger partial charge in [0.05, 0.1) is 24.5 Å². The third kappa shape index (κ3) is 4.76. The zero-order valence-electron chi connectivity index (χ0n) is 13.6. The Morgan fingerprint density at radius 2 is 2.21 bits per heavy atom. The van der Waals surface area contributed by atoms with E-state index >= 15 is 0 Å². The molecule has 1 aromatic heterocycles. The summed E-state index contributed by atoms with van der Waals surface area (Å²) in [6.07, 6.45) is 4.04. The van der Waals surface area contributed by atoms with Crippen molar-refractivity contribution in [2.75, 3.05) is 13.2 Å². The third-order valence-corrected chi connectivity index (χ3v) is 3.29. The van der Waals surface area contributed by atoms with Crippen LogP contribution in [-0.4, -0.2) is 30.3 Å². The quantitative estimate of drug-likeness (QED) is 0.564. The number of rotatable bonds is 8. The number of aromatic amines is 1. The largest absolute Gasteiger partial charge is 0.490 e. The van der Waals surface area contributed by atoms with E-state index in [1.54, 1.807) is 30.5 Å². The number of hydrogen-bond acceptors (Lipinski definition) is 4. The second-order valence-electron chi connectivity index (χ2n) is 4.89. The van der Waals surface area contributed by atoms with Crippen molar-refractivity contribution in [1.29, 1.82) is 0 Å². The SMILES string of the molecule is CCCOc1c(Cl)cc(/C=N\NC(=O)c2ccc[nH]2)cc1OCC. The van der Waals surface area contributed by atoms with Gasteiger partial charge in [-0.15, -0.1) is 0 Å². The summed E-state index contributed by atoms with van der Waals surface area (Å²) in [4.78, 5) is 14.6. The van der Waals surface area contributed by atoms with E-state index in [2.05, 4.69) is 15.5 Å². The van der Waals surface area contributed by atoms with Crippen molar-refractivity contribution in [3.63, 3.8) is 0 Å². The molecule has 0 radical (unpaired) electrons. The number of H-pyrrole nitrogens is 1. The van der Waals surface area contributed by atoms with Gasteiger partial charge in [0.2, 0.25) is 0 Å². The fraction of sp³-hybridized carbons (Fsp3) is 0.294. The number of hydrazone groups is 1. The number of carbonyl (C=O) groups excluding carboxylic acids is 1. The highest BCUT2D eigenvalue weighted by Gasteiger charge is 2.12. The number of nitrogens with zero attached hydrogens (tertiary/aromatic N) is 1. The summed E-state index contributed by atoms with van der Waals surface area (Å²) in [5.74, 6) is 0.749. The Bertz CT molecular complexity index is 699. The summed E-state index contributed by atoms with van der Waals surface area (Å²) in [6.45, 7) is 4.94. The van der Waals surface area contributed by atoms with Gasteiger partial charge in [0, 0.05) is 6.20 Å². The number of halogens is 1. The molecule has 6 nitrogen and oxygen atoms in total. The Morgan fingerprint density at radius 1 is 1.38 bits per heavy atom. The predicted octanol–water partition coefficient (Wildman–Crippen LogP) is 3.62. The zero-order valence-corrected chi connectivity index (χ0v) is 14.4. The number of hydrogen-bond donors (Lipinski definition) is 2. The van der Waals surface area contributed by atoms with Crippen LogP contribution in [0.2, 0.25) is 5.02 Å².